The molecule has 1 unspecified atom stereocenters. The first-order valence-corrected chi connectivity index (χ1v) is 7.86. The zero-order chi connectivity index (χ0) is 14.7. The molecule has 0 saturated carbocycles. The fourth-order valence-corrected chi connectivity index (χ4v) is 2.96. The Bertz CT molecular complexity index is 523. The van der Waals surface area contributed by atoms with E-state index in [-0.39, 0.29) is 11.9 Å². The number of ether oxygens (including phenoxy) is 3. The van der Waals surface area contributed by atoms with E-state index in [1.165, 1.54) is 0 Å². The van der Waals surface area contributed by atoms with Gasteiger partial charge in [-0.1, -0.05) is 11.6 Å². The van der Waals surface area contributed by atoms with Gasteiger partial charge in [0.1, 0.15) is 0 Å². The van der Waals surface area contributed by atoms with E-state index in [1.807, 2.05) is 0 Å². The predicted octanol–water partition coefficient (Wildman–Crippen LogP) is 3.64. The summed E-state index contributed by atoms with van der Waals surface area (Å²) >= 11 is 6.22. The van der Waals surface area contributed by atoms with Crippen LogP contribution in [0.2, 0.25) is 5.02 Å². The van der Waals surface area contributed by atoms with Gasteiger partial charge in [0.2, 0.25) is 0 Å². The van der Waals surface area contributed by atoms with Gasteiger partial charge in [0.25, 0.3) is 0 Å². The Balaban J connectivity index is 1.71. The van der Waals surface area contributed by atoms with Gasteiger partial charge in [0, 0.05) is 31.1 Å². The molecule has 0 radical (unpaired) electrons. The quantitative estimate of drug-likeness (QED) is 0.796. The molecule has 0 spiro atoms. The number of hydrogen-bond donors (Lipinski definition) is 0. The van der Waals surface area contributed by atoms with E-state index in [9.17, 15) is 4.79 Å². The number of carbonyl (C=O) groups excluding carboxylic acids is 1. The maximum atomic E-state index is 12.4. The second kappa shape index (κ2) is 6.67. The molecule has 2 heterocycles. The van der Waals surface area contributed by atoms with Crippen molar-refractivity contribution in [1.82, 2.24) is 0 Å². The number of ketones is 1. The molecule has 0 aliphatic carbocycles. The summed E-state index contributed by atoms with van der Waals surface area (Å²) in [6.45, 7) is 2.01. The van der Waals surface area contributed by atoms with Crippen LogP contribution in [0.5, 0.6) is 11.5 Å². The summed E-state index contributed by atoms with van der Waals surface area (Å²) in [7, 11) is 0. The number of carbonyl (C=O) groups is 1. The van der Waals surface area contributed by atoms with E-state index >= 15 is 0 Å². The second-order valence-corrected chi connectivity index (χ2v) is 5.83. The maximum Gasteiger partial charge on any atom is 0.164 e. The zero-order valence-corrected chi connectivity index (χ0v) is 12.7. The van der Waals surface area contributed by atoms with Gasteiger partial charge in [-0.3, -0.25) is 4.79 Å². The van der Waals surface area contributed by atoms with Crippen LogP contribution < -0.4 is 9.47 Å². The third-order valence-corrected chi connectivity index (χ3v) is 4.17. The third-order valence-electron chi connectivity index (χ3n) is 3.85. The summed E-state index contributed by atoms with van der Waals surface area (Å²) in [5.41, 5.74) is 0.513. The lowest BCUT2D eigenvalue weighted by atomic mass is 10.0. The van der Waals surface area contributed by atoms with Crippen molar-refractivity contribution in [3.05, 3.63) is 22.7 Å². The van der Waals surface area contributed by atoms with E-state index in [1.54, 1.807) is 12.1 Å². The average Bonchev–Trinajstić information content (AvgIpc) is 2.89. The Morgan fingerprint density at radius 1 is 1.14 bits per heavy atom. The largest absolute Gasteiger partial charge is 0.490 e. The predicted molar refractivity (Wildman–Crippen MR) is 79.6 cm³/mol. The molecular weight excluding hydrogens is 292 g/mol. The number of fused-ring (bicyclic) bond motifs is 1. The lowest BCUT2D eigenvalue weighted by molar-refractivity contribution is 0.0859. The van der Waals surface area contributed by atoms with Crippen LogP contribution in [0.3, 0.4) is 0 Å². The van der Waals surface area contributed by atoms with Crippen LogP contribution >= 0.6 is 11.6 Å². The molecule has 114 valence electrons. The molecule has 0 bridgehead atoms. The first-order chi connectivity index (χ1) is 10.2. The van der Waals surface area contributed by atoms with Crippen LogP contribution in [-0.2, 0) is 4.74 Å². The zero-order valence-electron chi connectivity index (χ0n) is 11.9. The second-order valence-electron chi connectivity index (χ2n) is 5.43. The van der Waals surface area contributed by atoms with E-state index in [0.29, 0.717) is 41.7 Å². The molecule has 2 aliphatic heterocycles. The Labute approximate surface area is 129 Å². The fourth-order valence-electron chi connectivity index (χ4n) is 2.70. The third kappa shape index (κ3) is 3.50. The van der Waals surface area contributed by atoms with Crippen molar-refractivity contribution in [3.63, 3.8) is 0 Å². The maximum absolute atomic E-state index is 12.4. The highest BCUT2D eigenvalue weighted by atomic mass is 35.5. The van der Waals surface area contributed by atoms with Crippen molar-refractivity contribution in [1.29, 1.82) is 0 Å². The van der Waals surface area contributed by atoms with Crippen LogP contribution in [-0.4, -0.2) is 31.7 Å². The van der Waals surface area contributed by atoms with Crippen molar-refractivity contribution in [2.24, 2.45) is 0 Å². The molecule has 1 saturated heterocycles. The number of rotatable bonds is 4. The highest BCUT2D eigenvalue weighted by Gasteiger charge is 2.21. The number of halogens is 1. The first kappa shape index (κ1) is 14.7. The Kier molecular flexibility index (Phi) is 4.66. The lowest BCUT2D eigenvalue weighted by Gasteiger charge is -2.12. The van der Waals surface area contributed by atoms with Gasteiger partial charge in [0.15, 0.2) is 17.3 Å². The van der Waals surface area contributed by atoms with Crippen molar-refractivity contribution in [3.8, 4) is 11.5 Å². The SMILES string of the molecule is O=C(CCC1CCCO1)c1cc2c(cc1Cl)OCCCO2. The van der Waals surface area contributed by atoms with Crippen LogP contribution in [0.1, 0.15) is 42.5 Å². The van der Waals surface area contributed by atoms with Crippen LogP contribution in [0.25, 0.3) is 0 Å². The molecule has 1 aromatic rings. The topological polar surface area (TPSA) is 44.8 Å². The summed E-state index contributed by atoms with van der Waals surface area (Å²) in [6.07, 6.45) is 4.38. The molecule has 1 atom stereocenters. The molecule has 2 aliphatic rings. The van der Waals surface area contributed by atoms with Gasteiger partial charge in [-0.25, -0.2) is 0 Å². The van der Waals surface area contributed by atoms with E-state index in [4.69, 9.17) is 25.8 Å². The van der Waals surface area contributed by atoms with Gasteiger partial charge in [-0.2, -0.15) is 0 Å². The van der Waals surface area contributed by atoms with Gasteiger partial charge in [-0.15, -0.1) is 0 Å². The van der Waals surface area contributed by atoms with Crippen molar-refractivity contribution in [2.75, 3.05) is 19.8 Å². The summed E-state index contributed by atoms with van der Waals surface area (Å²) in [4.78, 5) is 12.4. The number of hydrogen-bond acceptors (Lipinski definition) is 4. The smallest absolute Gasteiger partial charge is 0.164 e. The minimum Gasteiger partial charge on any atom is -0.490 e. The van der Waals surface area contributed by atoms with Crippen LogP contribution in [0, 0.1) is 0 Å². The van der Waals surface area contributed by atoms with Crippen molar-refractivity contribution in [2.45, 2.75) is 38.2 Å². The van der Waals surface area contributed by atoms with Gasteiger partial charge < -0.3 is 14.2 Å². The fraction of sp³-hybridized carbons (Fsp3) is 0.562. The Morgan fingerprint density at radius 2 is 1.90 bits per heavy atom. The average molecular weight is 311 g/mol. The van der Waals surface area contributed by atoms with Gasteiger partial charge in [-0.05, 0) is 25.3 Å². The normalized spacial score (nSPS) is 21.1. The first-order valence-electron chi connectivity index (χ1n) is 7.48. The highest BCUT2D eigenvalue weighted by Crippen LogP contribution is 2.35. The Hall–Kier alpha value is -1.26. The molecule has 0 aromatic heterocycles. The summed E-state index contributed by atoms with van der Waals surface area (Å²) < 4.78 is 16.7. The minimum atomic E-state index is 0.0335. The van der Waals surface area contributed by atoms with Crippen LogP contribution in [0.4, 0.5) is 0 Å². The van der Waals surface area contributed by atoms with Crippen LogP contribution in [0.15, 0.2) is 12.1 Å². The molecule has 1 aromatic carbocycles. The van der Waals surface area contributed by atoms with E-state index in [2.05, 4.69) is 0 Å². The molecule has 5 heteroatoms. The summed E-state index contributed by atoms with van der Waals surface area (Å²) in [5, 5.41) is 0.427. The molecule has 3 rings (SSSR count). The summed E-state index contributed by atoms with van der Waals surface area (Å²) in [5.74, 6) is 1.26. The van der Waals surface area contributed by atoms with Crippen molar-refractivity contribution >= 4 is 17.4 Å². The molecule has 0 amide bonds. The molecule has 21 heavy (non-hydrogen) atoms. The lowest BCUT2D eigenvalue weighted by Crippen LogP contribution is -2.09. The molecule has 1 fully saturated rings. The van der Waals surface area contributed by atoms with Gasteiger partial charge >= 0.3 is 0 Å². The van der Waals surface area contributed by atoms with E-state index in [0.717, 1.165) is 32.3 Å². The molecule has 0 N–H and O–H groups in total. The Morgan fingerprint density at radius 3 is 2.62 bits per heavy atom. The van der Waals surface area contributed by atoms with E-state index < -0.39 is 0 Å². The monoisotopic (exact) mass is 310 g/mol. The van der Waals surface area contributed by atoms with Crippen molar-refractivity contribution < 1.29 is 19.0 Å². The van der Waals surface area contributed by atoms with Gasteiger partial charge in [0.05, 0.1) is 24.3 Å². The highest BCUT2D eigenvalue weighted by molar-refractivity contribution is 6.34. The minimum absolute atomic E-state index is 0.0335. The standard InChI is InChI=1S/C16H19ClO4/c17-13-10-16-15(20-7-2-8-21-16)9-12(13)14(18)5-4-11-3-1-6-19-11/h9-11H,1-8H2. The number of Topliss-reactive ketones (excluding diaryl/α,β-unsaturated/α-hetero) is 1. The molecular formula is C16H19ClO4. The summed E-state index contributed by atoms with van der Waals surface area (Å²) in [6, 6.07) is 3.39. The molecule has 4 nitrogen and oxygen atoms in total. The number of benzene rings is 1.